The van der Waals surface area contributed by atoms with Crippen molar-refractivity contribution in [1.29, 1.82) is 0 Å². The number of nitrogens with one attached hydrogen (secondary N) is 1. The quantitative estimate of drug-likeness (QED) is 0.251. The standard InChI is InChI=1S/C26H25NO7S/c1-18(28)20-7-14-25(33-3)21(16-20)17-34-26(29)15-6-19-4-12-24(13-5-19)35(30,31)27-22-8-10-23(32-2)11-9-22/h4-16,27H,17H2,1-3H3/b15-6+. The first-order chi connectivity index (χ1) is 16.7. The molecule has 0 aliphatic rings. The lowest BCUT2D eigenvalue weighted by molar-refractivity contribution is -0.138. The summed E-state index contributed by atoms with van der Waals surface area (Å²) in [7, 11) is -0.760. The van der Waals surface area contributed by atoms with Gasteiger partial charge in [-0.05, 0) is 73.2 Å². The minimum absolute atomic E-state index is 0.0678. The molecular formula is C26H25NO7S. The molecule has 0 aromatic heterocycles. The van der Waals surface area contributed by atoms with Gasteiger partial charge >= 0.3 is 5.97 Å². The van der Waals surface area contributed by atoms with Gasteiger partial charge in [0.1, 0.15) is 18.1 Å². The first-order valence-corrected chi connectivity index (χ1v) is 12.0. The Morgan fingerprint density at radius 3 is 2.20 bits per heavy atom. The van der Waals surface area contributed by atoms with Crippen LogP contribution in [-0.2, 0) is 26.2 Å². The van der Waals surface area contributed by atoms with Gasteiger partial charge in [-0.15, -0.1) is 0 Å². The Balaban J connectivity index is 1.61. The van der Waals surface area contributed by atoms with Gasteiger partial charge < -0.3 is 14.2 Å². The normalized spacial score (nSPS) is 11.2. The second kappa shape index (κ2) is 11.3. The molecule has 0 aliphatic carbocycles. The zero-order valence-electron chi connectivity index (χ0n) is 19.5. The van der Waals surface area contributed by atoms with Gasteiger partial charge in [-0.1, -0.05) is 12.1 Å². The van der Waals surface area contributed by atoms with Crippen molar-refractivity contribution in [1.82, 2.24) is 0 Å². The van der Waals surface area contributed by atoms with E-state index in [9.17, 15) is 18.0 Å². The van der Waals surface area contributed by atoms with Crippen LogP contribution in [0.15, 0.2) is 77.7 Å². The van der Waals surface area contributed by atoms with Gasteiger partial charge in [0, 0.05) is 22.9 Å². The molecule has 9 heteroatoms. The van der Waals surface area contributed by atoms with Crippen LogP contribution in [0.2, 0.25) is 0 Å². The summed E-state index contributed by atoms with van der Waals surface area (Å²) in [5.41, 5.74) is 2.08. The van der Waals surface area contributed by atoms with Crippen molar-refractivity contribution >= 4 is 33.5 Å². The summed E-state index contributed by atoms with van der Waals surface area (Å²) in [6.45, 7) is 1.38. The van der Waals surface area contributed by atoms with Crippen LogP contribution in [0.3, 0.4) is 0 Å². The average molecular weight is 496 g/mol. The van der Waals surface area contributed by atoms with Crippen molar-refractivity contribution < 1.29 is 32.2 Å². The fraction of sp³-hybridized carbons (Fsp3) is 0.154. The van der Waals surface area contributed by atoms with Crippen LogP contribution in [0.4, 0.5) is 5.69 Å². The number of methoxy groups -OCH3 is 2. The average Bonchev–Trinajstić information content (AvgIpc) is 2.86. The van der Waals surface area contributed by atoms with Crippen molar-refractivity contribution in [2.24, 2.45) is 0 Å². The number of esters is 1. The molecule has 0 spiro atoms. The summed E-state index contributed by atoms with van der Waals surface area (Å²) in [6, 6.07) is 17.5. The third-order valence-electron chi connectivity index (χ3n) is 5.00. The topological polar surface area (TPSA) is 108 Å². The molecule has 3 rings (SSSR count). The monoisotopic (exact) mass is 495 g/mol. The van der Waals surface area contributed by atoms with E-state index in [1.165, 1.54) is 45.4 Å². The zero-order valence-corrected chi connectivity index (χ0v) is 20.3. The SMILES string of the molecule is COc1ccc(NS(=O)(=O)c2ccc(/C=C/C(=O)OCc3cc(C(C)=O)ccc3OC)cc2)cc1. The minimum atomic E-state index is -3.78. The maximum atomic E-state index is 12.6. The van der Waals surface area contributed by atoms with Crippen LogP contribution < -0.4 is 14.2 Å². The van der Waals surface area contributed by atoms with Gasteiger partial charge in [0.25, 0.3) is 10.0 Å². The largest absolute Gasteiger partial charge is 0.497 e. The molecule has 8 nitrogen and oxygen atoms in total. The highest BCUT2D eigenvalue weighted by atomic mass is 32.2. The van der Waals surface area contributed by atoms with Gasteiger partial charge in [0.15, 0.2) is 5.78 Å². The number of ketones is 1. The lowest BCUT2D eigenvalue weighted by Crippen LogP contribution is -2.12. The molecule has 3 aromatic rings. The van der Waals surface area contributed by atoms with E-state index in [4.69, 9.17) is 14.2 Å². The second-order valence-electron chi connectivity index (χ2n) is 7.43. The summed E-state index contributed by atoms with van der Waals surface area (Å²) in [5, 5.41) is 0. The number of rotatable bonds is 10. The Kier molecular flexibility index (Phi) is 8.27. The number of hydrogen-bond donors (Lipinski definition) is 1. The minimum Gasteiger partial charge on any atom is -0.497 e. The third kappa shape index (κ3) is 6.94. The number of hydrogen-bond acceptors (Lipinski definition) is 7. The summed E-state index contributed by atoms with van der Waals surface area (Å²) in [4.78, 5) is 23.8. The molecule has 0 bridgehead atoms. The predicted molar refractivity (Wildman–Crippen MR) is 132 cm³/mol. The molecule has 1 N–H and O–H groups in total. The van der Waals surface area contributed by atoms with Crippen LogP contribution in [0.25, 0.3) is 6.08 Å². The summed E-state index contributed by atoms with van der Waals surface area (Å²) < 4.78 is 43.3. The Hall–Kier alpha value is -4.11. The van der Waals surface area contributed by atoms with Gasteiger partial charge in [-0.3, -0.25) is 9.52 Å². The van der Waals surface area contributed by atoms with Crippen LogP contribution in [0, 0.1) is 0 Å². The third-order valence-corrected chi connectivity index (χ3v) is 6.40. The Morgan fingerprint density at radius 1 is 0.914 bits per heavy atom. The van der Waals surface area contributed by atoms with E-state index in [-0.39, 0.29) is 17.3 Å². The van der Waals surface area contributed by atoms with Gasteiger partial charge in [0.05, 0.1) is 19.1 Å². The molecule has 0 saturated heterocycles. The van der Waals surface area contributed by atoms with E-state index in [0.717, 1.165) is 0 Å². The van der Waals surface area contributed by atoms with Crippen molar-refractivity contribution in [2.75, 3.05) is 18.9 Å². The van der Waals surface area contributed by atoms with Gasteiger partial charge in [-0.2, -0.15) is 0 Å². The lowest BCUT2D eigenvalue weighted by Gasteiger charge is -2.10. The van der Waals surface area contributed by atoms with Crippen LogP contribution in [-0.4, -0.2) is 34.4 Å². The van der Waals surface area contributed by atoms with Crippen LogP contribution in [0.5, 0.6) is 11.5 Å². The summed E-state index contributed by atoms with van der Waals surface area (Å²) >= 11 is 0. The maximum absolute atomic E-state index is 12.6. The fourth-order valence-corrected chi connectivity index (χ4v) is 4.16. The van der Waals surface area contributed by atoms with Crippen molar-refractivity contribution in [3.8, 4) is 11.5 Å². The number of carbonyl (C=O) groups excluding carboxylic acids is 2. The van der Waals surface area contributed by atoms with Crippen LogP contribution >= 0.6 is 0 Å². The van der Waals surface area contributed by atoms with E-state index < -0.39 is 16.0 Å². The highest BCUT2D eigenvalue weighted by Crippen LogP contribution is 2.22. The number of ether oxygens (including phenoxy) is 3. The predicted octanol–water partition coefficient (Wildman–Crippen LogP) is 4.46. The summed E-state index contributed by atoms with van der Waals surface area (Å²) in [6.07, 6.45) is 2.75. The number of Topliss-reactive ketones (excluding diaryl/α,β-unsaturated/α-hetero) is 1. The molecule has 182 valence electrons. The van der Waals surface area contributed by atoms with E-state index in [0.29, 0.717) is 33.9 Å². The molecule has 3 aromatic carbocycles. The number of benzene rings is 3. The second-order valence-corrected chi connectivity index (χ2v) is 9.11. The Labute approximate surface area is 204 Å². The molecule has 0 amide bonds. The molecule has 0 saturated carbocycles. The van der Waals surface area contributed by atoms with E-state index >= 15 is 0 Å². The van der Waals surface area contributed by atoms with E-state index in [1.54, 1.807) is 54.6 Å². The Bertz CT molecular complexity index is 1330. The van der Waals surface area contributed by atoms with Gasteiger partial charge in [0.2, 0.25) is 0 Å². The molecule has 0 aliphatic heterocycles. The number of sulfonamides is 1. The van der Waals surface area contributed by atoms with Crippen molar-refractivity contribution in [3.63, 3.8) is 0 Å². The lowest BCUT2D eigenvalue weighted by atomic mass is 10.1. The van der Waals surface area contributed by atoms with Crippen LogP contribution in [0.1, 0.15) is 28.4 Å². The van der Waals surface area contributed by atoms with Gasteiger partial charge in [-0.25, -0.2) is 13.2 Å². The summed E-state index contributed by atoms with van der Waals surface area (Å²) in [5.74, 6) is 0.418. The number of anilines is 1. The molecule has 0 fully saturated rings. The molecule has 0 atom stereocenters. The Morgan fingerprint density at radius 2 is 1.60 bits per heavy atom. The molecule has 0 radical (unpaired) electrons. The molecule has 0 unspecified atom stereocenters. The smallest absolute Gasteiger partial charge is 0.331 e. The van der Waals surface area contributed by atoms with E-state index in [2.05, 4.69) is 4.72 Å². The maximum Gasteiger partial charge on any atom is 0.331 e. The fourth-order valence-electron chi connectivity index (χ4n) is 3.10. The number of carbonyl (C=O) groups is 2. The highest BCUT2D eigenvalue weighted by Gasteiger charge is 2.14. The van der Waals surface area contributed by atoms with E-state index in [1.807, 2.05) is 0 Å². The first kappa shape index (κ1) is 25.5. The van der Waals surface area contributed by atoms with Crippen molar-refractivity contribution in [3.05, 3.63) is 89.5 Å². The zero-order chi connectivity index (χ0) is 25.4. The first-order valence-electron chi connectivity index (χ1n) is 10.5. The molecular weight excluding hydrogens is 470 g/mol. The molecule has 0 heterocycles. The highest BCUT2D eigenvalue weighted by molar-refractivity contribution is 7.92. The molecule has 35 heavy (non-hydrogen) atoms. The van der Waals surface area contributed by atoms with Crippen molar-refractivity contribution in [2.45, 2.75) is 18.4 Å².